The van der Waals surface area contributed by atoms with Gasteiger partial charge in [0, 0.05) is 19.3 Å². The second-order valence-corrected chi connectivity index (χ2v) is 16.3. The maximum absolute atomic E-state index is 12.7. The maximum Gasteiger partial charge on any atom is 0.362 e. The van der Waals surface area contributed by atoms with E-state index in [0.717, 1.165) is 57.8 Å². The third-order valence-corrected chi connectivity index (χ3v) is 10.1. The van der Waals surface area contributed by atoms with E-state index in [1.807, 2.05) is 21.1 Å². The molecule has 0 aliphatic carbocycles. The number of rotatable bonds is 40. The van der Waals surface area contributed by atoms with Crippen molar-refractivity contribution in [2.24, 2.45) is 0 Å². The summed E-state index contributed by atoms with van der Waals surface area (Å²) in [5.41, 5.74) is 0. The molecule has 0 radical (unpaired) electrons. The standard InChI is InChI=1S/C46H85NO7/c1-6-8-10-12-14-16-18-20-22-23-25-27-29-31-33-35-37-45(49)54-42(40-52-39-38-43(46(50)51)47(3,4)5)41-53-44(48)36-34-32-30-28-26-24-21-19-17-15-13-11-9-7-2/h9,11,15,17,42-43H,6-8,10,12-14,16,18-41H2,1-5H3/p+1/b11-9+,17-15+. The minimum atomic E-state index is -0.874. The number of esters is 2. The normalized spacial score (nSPS) is 13.1. The van der Waals surface area contributed by atoms with Crippen molar-refractivity contribution >= 4 is 17.9 Å². The number of quaternary nitrogens is 1. The molecule has 0 aromatic rings. The van der Waals surface area contributed by atoms with E-state index in [-0.39, 0.29) is 36.2 Å². The van der Waals surface area contributed by atoms with Crippen LogP contribution in [0.15, 0.2) is 24.3 Å². The number of hydrogen-bond acceptors (Lipinski definition) is 6. The Morgan fingerprint density at radius 3 is 1.52 bits per heavy atom. The Hall–Kier alpha value is -2.19. The van der Waals surface area contributed by atoms with Gasteiger partial charge in [-0.05, 0) is 38.5 Å². The van der Waals surface area contributed by atoms with Gasteiger partial charge in [-0.15, -0.1) is 0 Å². The first kappa shape index (κ1) is 51.8. The average Bonchev–Trinajstić information content (AvgIpc) is 3.12. The predicted molar refractivity (Wildman–Crippen MR) is 225 cm³/mol. The first-order valence-corrected chi connectivity index (χ1v) is 22.4. The smallest absolute Gasteiger partial charge is 0.362 e. The molecule has 0 saturated carbocycles. The van der Waals surface area contributed by atoms with Crippen molar-refractivity contribution in [2.45, 2.75) is 212 Å². The number of carbonyl (C=O) groups is 3. The number of ether oxygens (including phenoxy) is 3. The molecule has 8 heteroatoms. The van der Waals surface area contributed by atoms with Gasteiger partial charge >= 0.3 is 17.9 Å². The highest BCUT2D eigenvalue weighted by Gasteiger charge is 2.31. The number of carboxylic acids is 1. The Balaban J connectivity index is 4.31. The molecule has 0 bridgehead atoms. The van der Waals surface area contributed by atoms with Crippen molar-refractivity contribution in [3.05, 3.63) is 24.3 Å². The molecular weight excluding hydrogens is 679 g/mol. The highest BCUT2D eigenvalue weighted by molar-refractivity contribution is 5.72. The second kappa shape index (κ2) is 37.7. The van der Waals surface area contributed by atoms with Crippen molar-refractivity contribution in [1.29, 1.82) is 0 Å². The number of likely N-dealkylation sites (N-methyl/N-ethyl adjacent to an activating group) is 1. The van der Waals surface area contributed by atoms with Crippen LogP contribution in [0.1, 0.15) is 200 Å². The van der Waals surface area contributed by atoms with Crippen LogP contribution in [0.4, 0.5) is 0 Å². The SMILES string of the molecule is CC/C=C/C/C=C/CCCCCCCCCC(=O)OCC(COCCC(C(=O)O)[N+](C)(C)C)OC(=O)CCCCCCCCCCCCCCCCCC. The van der Waals surface area contributed by atoms with E-state index in [1.165, 1.54) is 109 Å². The lowest BCUT2D eigenvalue weighted by Crippen LogP contribution is -2.50. The van der Waals surface area contributed by atoms with Crippen molar-refractivity contribution in [2.75, 3.05) is 41.0 Å². The van der Waals surface area contributed by atoms with E-state index in [1.54, 1.807) is 0 Å². The number of hydrogen-bond donors (Lipinski definition) is 1. The molecule has 1 N–H and O–H groups in total. The molecule has 0 rings (SSSR count). The van der Waals surface area contributed by atoms with Gasteiger partial charge in [0.15, 0.2) is 12.1 Å². The fourth-order valence-corrected chi connectivity index (χ4v) is 6.66. The molecule has 0 amide bonds. The van der Waals surface area contributed by atoms with Gasteiger partial charge in [-0.3, -0.25) is 9.59 Å². The van der Waals surface area contributed by atoms with Gasteiger partial charge < -0.3 is 23.8 Å². The van der Waals surface area contributed by atoms with Crippen LogP contribution in [0, 0.1) is 0 Å². The molecule has 0 aromatic heterocycles. The van der Waals surface area contributed by atoms with E-state index < -0.39 is 18.1 Å². The summed E-state index contributed by atoms with van der Waals surface area (Å²) in [5.74, 6) is -1.47. The summed E-state index contributed by atoms with van der Waals surface area (Å²) in [6.45, 7) is 4.64. The van der Waals surface area contributed by atoms with Crippen LogP contribution < -0.4 is 0 Å². The van der Waals surface area contributed by atoms with Crippen LogP contribution >= 0.6 is 0 Å². The number of nitrogens with zero attached hydrogens (tertiary/aromatic N) is 1. The quantitative estimate of drug-likeness (QED) is 0.0287. The molecule has 2 unspecified atom stereocenters. The van der Waals surface area contributed by atoms with Gasteiger partial charge in [-0.1, -0.05) is 167 Å². The van der Waals surface area contributed by atoms with Crippen molar-refractivity contribution in [1.82, 2.24) is 0 Å². The van der Waals surface area contributed by atoms with E-state index in [0.29, 0.717) is 19.3 Å². The Kier molecular flexibility index (Phi) is 36.2. The summed E-state index contributed by atoms with van der Waals surface area (Å²) in [7, 11) is 5.53. The maximum atomic E-state index is 12.7. The zero-order valence-electron chi connectivity index (χ0n) is 35.9. The summed E-state index contributed by atoms with van der Waals surface area (Å²) >= 11 is 0. The Labute approximate surface area is 332 Å². The Morgan fingerprint density at radius 1 is 0.574 bits per heavy atom. The van der Waals surface area contributed by atoms with Gasteiger partial charge in [-0.2, -0.15) is 0 Å². The summed E-state index contributed by atoms with van der Waals surface area (Å²) < 4.78 is 17.3. The molecule has 54 heavy (non-hydrogen) atoms. The van der Waals surface area contributed by atoms with Crippen LogP contribution in [0.5, 0.6) is 0 Å². The van der Waals surface area contributed by atoms with Gasteiger partial charge in [-0.25, -0.2) is 4.79 Å². The number of allylic oxidation sites excluding steroid dienone is 4. The molecule has 0 aliphatic heterocycles. The summed E-state index contributed by atoms with van der Waals surface area (Å²) in [5, 5.41) is 9.62. The van der Waals surface area contributed by atoms with Gasteiger partial charge in [0.25, 0.3) is 0 Å². The molecule has 0 heterocycles. The van der Waals surface area contributed by atoms with Crippen LogP contribution in [0.3, 0.4) is 0 Å². The molecule has 0 fully saturated rings. The van der Waals surface area contributed by atoms with Crippen molar-refractivity contribution in [3.63, 3.8) is 0 Å². The summed E-state index contributed by atoms with van der Waals surface area (Å²) in [6.07, 6.45) is 40.7. The molecule has 0 aromatic carbocycles. The third-order valence-electron chi connectivity index (χ3n) is 10.1. The van der Waals surface area contributed by atoms with E-state index in [9.17, 15) is 19.5 Å². The van der Waals surface area contributed by atoms with Gasteiger partial charge in [0.1, 0.15) is 6.61 Å². The molecule has 0 aliphatic rings. The Bertz CT molecular complexity index is 942. The predicted octanol–water partition coefficient (Wildman–Crippen LogP) is 12.1. The van der Waals surface area contributed by atoms with Crippen LogP contribution in [0.2, 0.25) is 0 Å². The lowest BCUT2D eigenvalue weighted by Gasteiger charge is -2.31. The fraction of sp³-hybridized carbons (Fsp3) is 0.848. The van der Waals surface area contributed by atoms with Crippen LogP contribution in [-0.2, 0) is 28.6 Å². The second-order valence-electron chi connectivity index (χ2n) is 16.3. The van der Waals surface area contributed by atoms with Crippen LogP contribution in [0.25, 0.3) is 0 Å². The zero-order chi connectivity index (χ0) is 40.0. The average molecular weight is 765 g/mol. The number of unbranched alkanes of at least 4 members (excludes halogenated alkanes) is 22. The molecular formula is C46H86NO7+. The first-order valence-electron chi connectivity index (χ1n) is 22.4. The number of carbonyl (C=O) groups excluding carboxylic acids is 2. The monoisotopic (exact) mass is 765 g/mol. The van der Waals surface area contributed by atoms with Crippen molar-refractivity contribution < 1.29 is 38.2 Å². The summed E-state index contributed by atoms with van der Waals surface area (Å²) in [6, 6.07) is -0.612. The van der Waals surface area contributed by atoms with Gasteiger partial charge in [0.2, 0.25) is 0 Å². The van der Waals surface area contributed by atoms with Crippen molar-refractivity contribution in [3.8, 4) is 0 Å². The minimum absolute atomic E-state index is 0.0510. The topological polar surface area (TPSA) is 99.1 Å². The Morgan fingerprint density at radius 2 is 1.04 bits per heavy atom. The molecule has 0 saturated heterocycles. The molecule has 2 atom stereocenters. The third kappa shape index (κ3) is 35.5. The number of aliphatic carboxylic acids is 1. The van der Waals surface area contributed by atoms with E-state index in [2.05, 4.69) is 38.2 Å². The lowest BCUT2D eigenvalue weighted by atomic mass is 10.0. The zero-order valence-corrected chi connectivity index (χ0v) is 35.9. The lowest BCUT2D eigenvalue weighted by molar-refractivity contribution is -0.887. The van der Waals surface area contributed by atoms with E-state index in [4.69, 9.17) is 14.2 Å². The molecule has 0 spiro atoms. The van der Waals surface area contributed by atoms with E-state index >= 15 is 0 Å². The highest BCUT2D eigenvalue weighted by Crippen LogP contribution is 2.15. The minimum Gasteiger partial charge on any atom is -0.477 e. The van der Waals surface area contributed by atoms with Crippen LogP contribution in [-0.4, -0.2) is 80.6 Å². The first-order chi connectivity index (χ1) is 26.1. The molecule has 8 nitrogen and oxygen atoms in total. The summed E-state index contributed by atoms with van der Waals surface area (Å²) in [4.78, 5) is 37.0. The van der Waals surface area contributed by atoms with Gasteiger partial charge in [0.05, 0.1) is 34.4 Å². The highest BCUT2D eigenvalue weighted by atomic mass is 16.6. The molecule has 316 valence electrons. The number of carboxylic acid groups (broad SMARTS) is 1. The fourth-order valence-electron chi connectivity index (χ4n) is 6.66. The largest absolute Gasteiger partial charge is 0.477 e.